The highest BCUT2D eigenvalue weighted by molar-refractivity contribution is 5.81. The number of rotatable bonds is 5. The summed E-state index contributed by atoms with van der Waals surface area (Å²) in [4.78, 5) is 10.5. The van der Waals surface area contributed by atoms with Crippen molar-refractivity contribution < 1.29 is 9.90 Å². The highest BCUT2D eigenvalue weighted by atomic mass is 16.4. The van der Waals surface area contributed by atoms with Gasteiger partial charge in [0.2, 0.25) is 0 Å². The lowest BCUT2D eigenvalue weighted by atomic mass is 9.72. The average molecular weight is 331 g/mol. The second kappa shape index (κ2) is 10.9. The smallest absolute Gasteiger partial charge is 0.328 e. The summed E-state index contributed by atoms with van der Waals surface area (Å²) < 4.78 is 0. The zero-order valence-corrected chi connectivity index (χ0v) is 16.4. The Labute approximate surface area is 148 Å². The van der Waals surface area contributed by atoms with E-state index in [2.05, 4.69) is 39.8 Å². The summed E-state index contributed by atoms with van der Waals surface area (Å²) in [5, 5.41) is 8.65. The molecule has 0 atom stereocenters. The molecular formula is C22H34O2. The molecule has 0 amide bonds. The van der Waals surface area contributed by atoms with Crippen LogP contribution in [0.2, 0.25) is 0 Å². The van der Waals surface area contributed by atoms with Gasteiger partial charge in [-0.05, 0) is 56.6 Å². The Bertz CT molecular complexity index is 567. The minimum atomic E-state index is -0.912. The third-order valence-electron chi connectivity index (χ3n) is 4.12. The van der Waals surface area contributed by atoms with Crippen molar-refractivity contribution in [1.29, 1.82) is 0 Å². The highest BCUT2D eigenvalue weighted by Gasteiger charge is 2.26. The summed E-state index contributed by atoms with van der Waals surface area (Å²) in [6.07, 6.45) is 15.0. The lowest BCUT2D eigenvalue weighted by Crippen LogP contribution is -2.19. The maximum atomic E-state index is 10.5. The van der Waals surface area contributed by atoms with Gasteiger partial charge in [-0.2, -0.15) is 0 Å². The molecule has 2 heteroatoms. The first kappa shape index (κ1) is 22.2. The molecule has 2 nitrogen and oxygen atoms in total. The molecule has 0 heterocycles. The van der Waals surface area contributed by atoms with Crippen LogP contribution in [0.5, 0.6) is 0 Å². The van der Waals surface area contributed by atoms with Crippen molar-refractivity contribution in [1.82, 2.24) is 0 Å². The molecule has 0 aliphatic heterocycles. The van der Waals surface area contributed by atoms with Crippen LogP contribution in [0.3, 0.4) is 0 Å². The summed E-state index contributed by atoms with van der Waals surface area (Å²) in [5.74, 6) is -0.912. The Morgan fingerprint density at radius 3 is 2.29 bits per heavy atom. The third kappa shape index (κ3) is 8.14. The fourth-order valence-corrected chi connectivity index (χ4v) is 2.88. The fraction of sp³-hybridized carbons (Fsp3) is 0.500. The number of carbonyl (C=O) groups is 1. The first-order valence-corrected chi connectivity index (χ1v) is 8.87. The second-order valence-corrected chi connectivity index (χ2v) is 6.76. The van der Waals surface area contributed by atoms with Gasteiger partial charge in [0.15, 0.2) is 0 Å². The fourth-order valence-electron chi connectivity index (χ4n) is 2.88. The molecule has 1 aliphatic carbocycles. The summed E-state index contributed by atoms with van der Waals surface area (Å²) in [6, 6.07) is 0. The monoisotopic (exact) mass is 330 g/mol. The van der Waals surface area contributed by atoms with E-state index in [0.717, 1.165) is 11.1 Å². The Morgan fingerprint density at radius 2 is 1.75 bits per heavy atom. The van der Waals surface area contributed by atoms with E-state index in [1.807, 2.05) is 26.0 Å². The summed E-state index contributed by atoms with van der Waals surface area (Å²) in [7, 11) is 0. The van der Waals surface area contributed by atoms with Crippen LogP contribution >= 0.6 is 0 Å². The van der Waals surface area contributed by atoms with Crippen molar-refractivity contribution in [2.75, 3.05) is 0 Å². The van der Waals surface area contributed by atoms with E-state index in [1.165, 1.54) is 36.5 Å². The summed E-state index contributed by atoms with van der Waals surface area (Å²) in [6.45, 7) is 14.7. The normalized spacial score (nSPS) is 18.8. The van der Waals surface area contributed by atoms with E-state index in [0.29, 0.717) is 0 Å². The van der Waals surface area contributed by atoms with Crippen molar-refractivity contribution in [3.8, 4) is 0 Å². The van der Waals surface area contributed by atoms with Crippen LogP contribution in [-0.4, -0.2) is 11.1 Å². The molecule has 0 bridgehead atoms. The van der Waals surface area contributed by atoms with E-state index in [4.69, 9.17) is 5.11 Å². The maximum Gasteiger partial charge on any atom is 0.328 e. The first-order valence-electron chi connectivity index (χ1n) is 8.87. The standard InChI is InChI=1S/C20H28O2.C2H6/c1-15(8-6-9-16(2)14-19(21)22)11-12-18-17(3)10-7-13-20(18,4)5;1-2/h6,8-9,11-12,14H,7,10,13H2,1-5H3,(H,21,22);1-2H3/b9-6+,12-11+,15-8+,16-14-;. The van der Waals surface area contributed by atoms with Crippen LogP contribution in [-0.2, 0) is 4.79 Å². The van der Waals surface area contributed by atoms with Gasteiger partial charge in [0, 0.05) is 6.08 Å². The van der Waals surface area contributed by atoms with Gasteiger partial charge in [-0.3, -0.25) is 0 Å². The van der Waals surface area contributed by atoms with Crippen LogP contribution in [0.25, 0.3) is 0 Å². The van der Waals surface area contributed by atoms with E-state index in [9.17, 15) is 4.79 Å². The molecule has 0 saturated carbocycles. The highest BCUT2D eigenvalue weighted by Crippen LogP contribution is 2.40. The Balaban J connectivity index is 0.00000254. The van der Waals surface area contributed by atoms with E-state index in [-0.39, 0.29) is 5.41 Å². The van der Waals surface area contributed by atoms with Gasteiger partial charge in [-0.1, -0.05) is 69.2 Å². The minimum absolute atomic E-state index is 0.260. The molecule has 134 valence electrons. The zero-order chi connectivity index (χ0) is 18.8. The van der Waals surface area contributed by atoms with Gasteiger partial charge in [-0.25, -0.2) is 4.79 Å². The zero-order valence-electron chi connectivity index (χ0n) is 16.4. The first-order chi connectivity index (χ1) is 11.2. The summed E-state index contributed by atoms with van der Waals surface area (Å²) in [5.41, 5.74) is 5.09. The molecule has 24 heavy (non-hydrogen) atoms. The molecule has 0 unspecified atom stereocenters. The lowest BCUT2D eigenvalue weighted by molar-refractivity contribution is -0.131. The van der Waals surface area contributed by atoms with Gasteiger partial charge < -0.3 is 5.11 Å². The topological polar surface area (TPSA) is 37.3 Å². The molecule has 0 radical (unpaired) electrons. The quantitative estimate of drug-likeness (QED) is 0.454. The van der Waals surface area contributed by atoms with Crippen molar-refractivity contribution in [3.63, 3.8) is 0 Å². The second-order valence-electron chi connectivity index (χ2n) is 6.76. The van der Waals surface area contributed by atoms with E-state index in [1.54, 1.807) is 13.0 Å². The van der Waals surface area contributed by atoms with Crippen molar-refractivity contribution >= 4 is 5.97 Å². The van der Waals surface area contributed by atoms with Crippen LogP contribution in [0, 0.1) is 5.41 Å². The largest absolute Gasteiger partial charge is 0.478 e. The Kier molecular flexibility index (Phi) is 10.0. The van der Waals surface area contributed by atoms with Gasteiger partial charge in [0.1, 0.15) is 0 Å². The van der Waals surface area contributed by atoms with Crippen molar-refractivity contribution in [2.45, 2.75) is 67.7 Å². The van der Waals surface area contributed by atoms with Crippen LogP contribution < -0.4 is 0 Å². The van der Waals surface area contributed by atoms with Crippen molar-refractivity contribution in [2.24, 2.45) is 5.41 Å². The molecule has 1 aliphatic rings. The number of hydrogen-bond acceptors (Lipinski definition) is 1. The van der Waals surface area contributed by atoms with Crippen LogP contribution in [0.4, 0.5) is 0 Å². The Morgan fingerprint density at radius 1 is 1.12 bits per heavy atom. The molecule has 1 N–H and O–H groups in total. The molecule has 0 spiro atoms. The molecular weight excluding hydrogens is 296 g/mol. The van der Waals surface area contributed by atoms with Crippen LogP contribution in [0.15, 0.2) is 58.7 Å². The minimum Gasteiger partial charge on any atom is -0.478 e. The van der Waals surface area contributed by atoms with E-state index >= 15 is 0 Å². The van der Waals surface area contributed by atoms with E-state index < -0.39 is 5.97 Å². The molecule has 0 fully saturated rings. The van der Waals surface area contributed by atoms with Gasteiger partial charge in [-0.15, -0.1) is 0 Å². The average Bonchev–Trinajstić information content (AvgIpc) is 2.47. The number of hydrogen-bond donors (Lipinski definition) is 1. The van der Waals surface area contributed by atoms with Crippen LogP contribution in [0.1, 0.15) is 67.7 Å². The van der Waals surface area contributed by atoms with Gasteiger partial charge in [0.05, 0.1) is 0 Å². The van der Waals surface area contributed by atoms with Gasteiger partial charge >= 0.3 is 5.97 Å². The molecule has 1 rings (SSSR count). The molecule has 0 saturated heterocycles. The number of allylic oxidation sites excluding steroid dienone is 9. The SMILES string of the molecule is CC.CC1=C(/C=C/C(C)=C/C=C/C(C)=C\C(=O)O)C(C)(C)CCC1. The molecule has 0 aromatic carbocycles. The maximum absolute atomic E-state index is 10.5. The van der Waals surface area contributed by atoms with Crippen molar-refractivity contribution in [3.05, 3.63) is 58.7 Å². The molecule has 0 aromatic rings. The summed E-state index contributed by atoms with van der Waals surface area (Å²) >= 11 is 0. The Hall–Kier alpha value is -1.83. The van der Waals surface area contributed by atoms with Gasteiger partial charge in [0.25, 0.3) is 0 Å². The number of carboxylic acids is 1. The number of carboxylic acid groups (broad SMARTS) is 1. The predicted molar refractivity (Wildman–Crippen MR) is 105 cm³/mol. The third-order valence-corrected chi connectivity index (χ3v) is 4.12. The lowest BCUT2D eigenvalue weighted by Gasteiger charge is -2.32. The predicted octanol–water partition coefficient (Wildman–Crippen LogP) is 6.63. The molecule has 0 aromatic heterocycles. The number of aliphatic carboxylic acids is 1.